The van der Waals surface area contributed by atoms with Gasteiger partial charge in [0, 0.05) is 30.0 Å². The molecule has 2 aliphatic heterocycles. The molecule has 5 heteroatoms. The fraction of sp³-hybridized carbons (Fsp3) is 0.500. The van der Waals surface area contributed by atoms with Gasteiger partial charge in [0.05, 0.1) is 5.56 Å². The van der Waals surface area contributed by atoms with E-state index >= 15 is 0 Å². The van der Waals surface area contributed by atoms with Crippen molar-refractivity contribution in [1.82, 2.24) is 4.90 Å². The lowest BCUT2D eigenvalue weighted by Gasteiger charge is -2.22. The van der Waals surface area contributed by atoms with Crippen LogP contribution in [0, 0.1) is 0 Å². The monoisotopic (exact) mass is 261 g/mol. The molecule has 0 spiro atoms. The molecule has 0 radical (unpaired) electrons. The number of hydrogen-bond acceptors (Lipinski definition) is 4. The highest BCUT2D eigenvalue weighted by Gasteiger charge is 2.36. The summed E-state index contributed by atoms with van der Waals surface area (Å²) in [7, 11) is 0. The molecule has 0 bridgehead atoms. The first-order valence-corrected chi connectivity index (χ1v) is 6.78. The van der Waals surface area contributed by atoms with Crippen molar-refractivity contribution in [1.29, 1.82) is 0 Å². The Morgan fingerprint density at radius 3 is 2.95 bits per heavy atom. The molecule has 0 aromatic heterocycles. The van der Waals surface area contributed by atoms with Gasteiger partial charge in [-0.2, -0.15) is 0 Å². The molecule has 102 valence electrons. The number of benzene rings is 1. The van der Waals surface area contributed by atoms with Gasteiger partial charge in [-0.3, -0.25) is 4.90 Å². The van der Waals surface area contributed by atoms with Crippen LogP contribution in [0.25, 0.3) is 0 Å². The van der Waals surface area contributed by atoms with E-state index in [9.17, 15) is 4.79 Å². The number of nitrogens with one attached hydrogen (secondary N) is 1. The smallest absolute Gasteiger partial charge is 0.337 e. The van der Waals surface area contributed by atoms with Gasteiger partial charge in [-0.25, -0.2) is 4.79 Å². The van der Waals surface area contributed by atoms with Gasteiger partial charge in [-0.1, -0.05) is 0 Å². The van der Waals surface area contributed by atoms with Crippen molar-refractivity contribution in [2.75, 3.05) is 24.1 Å². The highest BCUT2D eigenvalue weighted by molar-refractivity contribution is 5.94. The molecule has 0 saturated carbocycles. The number of nitrogens with zero attached hydrogens (tertiary/aromatic N) is 1. The maximum atomic E-state index is 10.9. The first-order valence-electron chi connectivity index (χ1n) is 6.78. The number of anilines is 2. The Hall–Kier alpha value is -1.75. The molecule has 2 saturated heterocycles. The van der Waals surface area contributed by atoms with E-state index in [1.165, 1.54) is 19.4 Å². The maximum Gasteiger partial charge on any atom is 0.337 e. The molecule has 1 aromatic carbocycles. The lowest BCUT2D eigenvalue weighted by Crippen LogP contribution is -2.33. The lowest BCUT2D eigenvalue weighted by molar-refractivity contribution is 0.0698. The summed E-state index contributed by atoms with van der Waals surface area (Å²) < 4.78 is 0. The summed E-state index contributed by atoms with van der Waals surface area (Å²) in [6.07, 6.45) is 3.68. The number of nitrogens with two attached hydrogens (primary N) is 1. The van der Waals surface area contributed by atoms with Crippen LogP contribution < -0.4 is 11.1 Å². The molecule has 2 fully saturated rings. The van der Waals surface area contributed by atoms with Crippen molar-refractivity contribution in [2.45, 2.75) is 31.3 Å². The number of rotatable bonds is 3. The second-order valence-electron chi connectivity index (χ2n) is 5.39. The predicted molar refractivity (Wildman–Crippen MR) is 74.4 cm³/mol. The van der Waals surface area contributed by atoms with Gasteiger partial charge in [0.2, 0.25) is 0 Å². The van der Waals surface area contributed by atoms with Crippen molar-refractivity contribution >= 4 is 17.3 Å². The average molecular weight is 261 g/mol. The number of carboxylic acids is 1. The lowest BCUT2D eigenvalue weighted by atomic mass is 10.1. The van der Waals surface area contributed by atoms with Gasteiger partial charge in [0.15, 0.2) is 0 Å². The van der Waals surface area contributed by atoms with Crippen LogP contribution in [-0.4, -0.2) is 41.1 Å². The van der Waals surface area contributed by atoms with Crippen molar-refractivity contribution in [3.8, 4) is 0 Å². The Balaban J connectivity index is 1.73. The van der Waals surface area contributed by atoms with Gasteiger partial charge >= 0.3 is 5.97 Å². The van der Waals surface area contributed by atoms with E-state index in [0.717, 1.165) is 18.7 Å². The summed E-state index contributed by atoms with van der Waals surface area (Å²) in [5.74, 6) is -0.980. The molecule has 2 unspecified atom stereocenters. The van der Waals surface area contributed by atoms with E-state index in [1.807, 2.05) is 0 Å². The molecular formula is C14H19N3O2. The van der Waals surface area contributed by atoms with E-state index < -0.39 is 5.97 Å². The van der Waals surface area contributed by atoms with E-state index in [1.54, 1.807) is 18.2 Å². The zero-order valence-corrected chi connectivity index (χ0v) is 10.8. The van der Waals surface area contributed by atoms with E-state index in [-0.39, 0.29) is 5.56 Å². The third-order valence-electron chi connectivity index (χ3n) is 4.24. The Morgan fingerprint density at radius 2 is 2.21 bits per heavy atom. The van der Waals surface area contributed by atoms with Crippen molar-refractivity contribution in [3.63, 3.8) is 0 Å². The van der Waals surface area contributed by atoms with Crippen LogP contribution in [0.5, 0.6) is 0 Å². The zero-order chi connectivity index (χ0) is 13.4. The molecule has 1 aromatic rings. The van der Waals surface area contributed by atoms with Gasteiger partial charge in [-0.15, -0.1) is 0 Å². The van der Waals surface area contributed by atoms with Crippen molar-refractivity contribution in [3.05, 3.63) is 23.8 Å². The third-order valence-corrected chi connectivity index (χ3v) is 4.24. The van der Waals surface area contributed by atoms with Crippen molar-refractivity contribution in [2.24, 2.45) is 0 Å². The number of hydrogen-bond donors (Lipinski definition) is 3. The van der Waals surface area contributed by atoms with Gasteiger partial charge in [-0.05, 0) is 44.0 Å². The normalized spacial score (nSPS) is 26.3. The van der Waals surface area contributed by atoms with Crippen LogP contribution in [0.4, 0.5) is 11.4 Å². The average Bonchev–Trinajstić information content (AvgIpc) is 2.94. The number of nitrogen functional groups attached to an aromatic ring is 1. The molecular weight excluding hydrogens is 242 g/mol. The molecule has 0 aliphatic carbocycles. The molecule has 2 aliphatic rings. The minimum absolute atomic E-state index is 0.166. The molecule has 0 amide bonds. The summed E-state index contributed by atoms with van der Waals surface area (Å²) >= 11 is 0. The second kappa shape index (κ2) is 4.74. The Kier molecular flexibility index (Phi) is 3.06. The Bertz CT molecular complexity index is 503. The van der Waals surface area contributed by atoms with Gasteiger partial charge < -0.3 is 16.2 Å². The largest absolute Gasteiger partial charge is 0.478 e. The summed E-state index contributed by atoms with van der Waals surface area (Å²) in [5.41, 5.74) is 7.17. The van der Waals surface area contributed by atoms with Gasteiger partial charge in [0.1, 0.15) is 0 Å². The van der Waals surface area contributed by atoms with E-state index in [2.05, 4.69) is 10.2 Å². The summed E-state index contributed by atoms with van der Waals surface area (Å²) in [6, 6.07) is 6.18. The Morgan fingerprint density at radius 1 is 1.37 bits per heavy atom. The van der Waals surface area contributed by atoms with Crippen LogP contribution in [0.2, 0.25) is 0 Å². The molecule has 3 rings (SSSR count). The standard InChI is InChI=1S/C14H19N3O2/c15-11-8-9(3-4-10(11)14(18)19)16-12-5-7-17-6-1-2-13(12)17/h3-4,8,12-13,16H,1-2,5-7,15H2,(H,18,19). The van der Waals surface area contributed by atoms with Crippen LogP contribution >= 0.6 is 0 Å². The first-order chi connectivity index (χ1) is 9.15. The molecule has 19 heavy (non-hydrogen) atoms. The summed E-state index contributed by atoms with van der Waals surface area (Å²) in [5, 5.41) is 12.5. The SMILES string of the molecule is Nc1cc(NC2CCN3CCCC23)ccc1C(=O)O. The van der Waals surface area contributed by atoms with E-state index in [0.29, 0.717) is 17.8 Å². The topological polar surface area (TPSA) is 78.6 Å². The Labute approximate surface area is 112 Å². The summed E-state index contributed by atoms with van der Waals surface area (Å²) in [6.45, 7) is 2.37. The van der Waals surface area contributed by atoms with Crippen LogP contribution in [0.1, 0.15) is 29.6 Å². The number of fused-ring (bicyclic) bond motifs is 1. The fourth-order valence-electron chi connectivity index (χ4n) is 3.31. The van der Waals surface area contributed by atoms with Gasteiger partial charge in [0.25, 0.3) is 0 Å². The number of aromatic carboxylic acids is 1. The first kappa shape index (κ1) is 12.3. The molecule has 4 N–H and O–H groups in total. The summed E-state index contributed by atoms with van der Waals surface area (Å²) in [4.78, 5) is 13.5. The maximum absolute atomic E-state index is 10.9. The molecule has 5 nitrogen and oxygen atoms in total. The quantitative estimate of drug-likeness (QED) is 0.721. The van der Waals surface area contributed by atoms with Crippen LogP contribution in [0.15, 0.2) is 18.2 Å². The number of carboxylic acid groups (broad SMARTS) is 1. The third kappa shape index (κ3) is 2.26. The zero-order valence-electron chi connectivity index (χ0n) is 10.8. The number of carbonyl (C=O) groups is 1. The minimum Gasteiger partial charge on any atom is -0.478 e. The highest BCUT2D eigenvalue weighted by Crippen LogP contribution is 2.30. The van der Waals surface area contributed by atoms with Crippen LogP contribution in [0.3, 0.4) is 0 Å². The van der Waals surface area contributed by atoms with E-state index in [4.69, 9.17) is 10.8 Å². The minimum atomic E-state index is -0.980. The van der Waals surface area contributed by atoms with Crippen LogP contribution in [-0.2, 0) is 0 Å². The fourth-order valence-corrected chi connectivity index (χ4v) is 3.31. The highest BCUT2D eigenvalue weighted by atomic mass is 16.4. The predicted octanol–water partition coefficient (Wildman–Crippen LogP) is 1.62. The van der Waals surface area contributed by atoms with Crippen molar-refractivity contribution < 1.29 is 9.90 Å². The second-order valence-corrected chi connectivity index (χ2v) is 5.39. The molecule has 2 atom stereocenters. The molecule has 2 heterocycles.